The average molecular weight is 272 g/mol. The van der Waals surface area contributed by atoms with E-state index in [0.717, 1.165) is 18.9 Å². The maximum absolute atomic E-state index is 5.80. The SMILES string of the molecule is CCNc1cn2ccnc2c(Oc2cnn(CC)c2)n1. The molecule has 0 spiro atoms. The van der Waals surface area contributed by atoms with Crippen LogP contribution in [0.15, 0.2) is 31.0 Å². The summed E-state index contributed by atoms with van der Waals surface area (Å²) in [6.45, 7) is 5.63. The van der Waals surface area contributed by atoms with Crippen molar-refractivity contribution in [2.45, 2.75) is 20.4 Å². The van der Waals surface area contributed by atoms with E-state index in [4.69, 9.17) is 4.74 Å². The summed E-state index contributed by atoms with van der Waals surface area (Å²) in [5, 5.41) is 7.35. The van der Waals surface area contributed by atoms with E-state index in [1.165, 1.54) is 0 Å². The number of hydrogen-bond acceptors (Lipinski definition) is 5. The smallest absolute Gasteiger partial charge is 0.265 e. The van der Waals surface area contributed by atoms with Gasteiger partial charge in [-0.3, -0.25) is 9.08 Å². The molecule has 0 aliphatic carbocycles. The molecule has 0 saturated heterocycles. The first-order chi connectivity index (χ1) is 9.80. The highest BCUT2D eigenvalue weighted by Gasteiger charge is 2.10. The third-order valence-corrected chi connectivity index (χ3v) is 2.85. The minimum absolute atomic E-state index is 0.462. The van der Waals surface area contributed by atoms with Gasteiger partial charge in [0.05, 0.1) is 18.6 Å². The van der Waals surface area contributed by atoms with Gasteiger partial charge in [0.25, 0.3) is 5.88 Å². The van der Waals surface area contributed by atoms with E-state index in [-0.39, 0.29) is 0 Å². The minimum Gasteiger partial charge on any atom is -0.432 e. The van der Waals surface area contributed by atoms with E-state index in [2.05, 4.69) is 20.4 Å². The third-order valence-electron chi connectivity index (χ3n) is 2.85. The van der Waals surface area contributed by atoms with E-state index < -0.39 is 0 Å². The molecule has 0 fully saturated rings. The van der Waals surface area contributed by atoms with Crippen molar-refractivity contribution < 1.29 is 4.74 Å². The second kappa shape index (κ2) is 5.20. The highest BCUT2D eigenvalue weighted by Crippen LogP contribution is 2.24. The Kier molecular flexibility index (Phi) is 3.24. The zero-order valence-electron chi connectivity index (χ0n) is 11.4. The molecule has 3 aromatic heterocycles. The molecular formula is C13H16N6O. The van der Waals surface area contributed by atoms with Gasteiger partial charge in [0.15, 0.2) is 5.75 Å². The molecule has 0 amide bonds. The lowest BCUT2D eigenvalue weighted by Crippen LogP contribution is -2.03. The molecule has 3 aromatic rings. The van der Waals surface area contributed by atoms with E-state index in [9.17, 15) is 0 Å². The second-order valence-corrected chi connectivity index (χ2v) is 4.25. The predicted molar refractivity (Wildman–Crippen MR) is 75.1 cm³/mol. The number of nitrogens with zero attached hydrogens (tertiary/aromatic N) is 5. The fourth-order valence-corrected chi connectivity index (χ4v) is 1.92. The molecule has 104 valence electrons. The van der Waals surface area contributed by atoms with Crippen molar-refractivity contribution in [2.24, 2.45) is 0 Å². The molecule has 3 heterocycles. The number of ether oxygens (including phenoxy) is 1. The number of rotatable bonds is 5. The van der Waals surface area contributed by atoms with Crippen molar-refractivity contribution in [1.82, 2.24) is 24.1 Å². The third kappa shape index (κ3) is 2.29. The molecule has 0 bridgehead atoms. The van der Waals surface area contributed by atoms with Gasteiger partial charge >= 0.3 is 0 Å². The van der Waals surface area contributed by atoms with Gasteiger partial charge in [-0.1, -0.05) is 0 Å². The number of hydrogen-bond donors (Lipinski definition) is 1. The van der Waals surface area contributed by atoms with Crippen LogP contribution in [0.5, 0.6) is 11.6 Å². The Labute approximate surface area is 116 Å². The number of anilines is 1. The average Bonchev–Trinajstić information content (AvgIpc) is 3.07. The standard InChI is InChI=1S/C13H16N6O/c1-3-14-11-9-18-6-5-15-12(18)13(17-11)20-10-7-16-19(4-2)8-10/h5-9,14H,3-4H2,1-2H3. The monoisotopic (exact) mass is 272 g/mol. The molecule has 0 unspecified atom stereocenters. The maximum atomic E-state index is 5.80. The molecule has 0 aliphatic heterocycles. The zero-order valence-corrected chi connectivity index (χ0v) is 11.4. The summed E-state index contributed by atoms with van der Waals surface area (Å²) < 4.78 is 9.48. The molecular weight excluding hydrogens is 256 g/mol. The largest absolute Gasteiger partial charge is 0.432 e. The van der Waals surface area contributed by atoms with Crippen molar-refractivity contribution >= 4 is 11.5 Å². The topological polar surface area (TPSA) is 69.3 Å². The fourth-order valence-electron chi connectivity index (χ4n) is 1.92. The van der Waals surface area contributed by atoms with E-state index >= 15 is 0 Å². The predicted octanol–water partition coefficient (Wildman–Crippen LogP) is 2.17. The molecule has 3 rings (SSSR count). The van der Waals surface area contributed by atoms with Crippen LogP contribution in [0.4, 0.5) is 5.82 Å². The van der Waals surface area contributed by atoms with Crippen LogP contribution in [0.25, 0.3) is 5.65 Å². The lowest BCUT2D eigenvalue weighted by molar-refractivity contribution is 0.464. The molecule has 0 saturated carbocycles. The Morgan fingerprint density at radius 1 is 1.30 bits per heavy atom. The normalized spacial score (nSPS) is 10.9. The van der Waals surface area contributed by atoms with Gasteiger partial charge in [-0.2, -0.15) is 10.1 Å². The molecule has 0 aromatic carbocycles. The van der Waals surface area contributed by atoms with Crippen LogP contribution in [-0.4, -0.2) is 30.7 Å². The van der Waals surface area contributed by atoms with Gasteiger partial charge in [0, 0.05) is 25.5 Å². The Hall–Kier alpha value is -2.57. The molecule has 0 aliphatic rings. The number of nitrogens with one attached hydrogen (secondary N) is 1. The summed E-state index contributed by atoms with van der Waals surface area (Å²) in [7, 11) is 0. The van der Waals surface area contributed by atoms with Crippen LogP contribution in [0.1, 0.15) is 13.8 Å². The Morgan fingerprint density at radius 2 is 2.20 bits per heavy atom. The van der Waals surface area contributed by atoms with Gasteiger partial charge in [-0.25, -0.2) is 4.98 Å². The van der Waals surface area contributed by atoms with E-state index in [0.29, 0.717) is 17.3 Å². The van der Waals surface area contributed by atoms with E-state index in [1.807, 2.05) is 36.8 Å². The molecule has 7 heteroatoms. The van der Waals surface area contributed by atoms with Crippen LogP contribution in [0.2, 0.25) is 0 Å². The first kappa shape index (κ1) is 12.5. The van der Waals surface area contributed by atoms with Crippen LogP contribution in [0, 0.1) is 0 Å². The molecule has 0 atom stereocenters. The van der Waals surface area contributed by atoms with Crippen molar-refractivity contribution in [3.05, 3.63) is 31.0 Å². The zero-order chi connectivity index (χ0) is 13.9. The Balaban J connectivity index is 1.98. The molecule has 0 radical (unpaired) electrons. The van der Waals surface area contributed by atoms with Crippen molar-refractivity contribution in [3.8, 4) is 11.6 Å². The summed E-state index contributed by atoms with van der Waals surface area (Å²) in [5.74, 6) is 1.86. The molecule has 1 N–H and O–H groups in total. The quantitative estimate of drug-likeness (QED) is 0.771. The number of imidazole rings is 1. The van der Waals surface area contributed by atoms with Crippen molar-refractivity contribution in [2.75, 3.05) is 11.9 Å². The Bertz CT molecular complexity index is 717. The lowest BCUT2D eigenvalue weighted by atomic mass is 10.5. The summed E-state index contributed by atoms with van der Waals surface area (Å²) in [6.07, 6.45) is 8.97. The number of aromatic nitrogens is 5. The molecule has 20 heavy (non-hydrogen) atoms. The highest BCUT2D eigenvalue weighted by atomic mass is 16.5. The lowest BCUT2D eigenvalue weighted by Gasteiger charge is -2.07. The summed E-state index contributed by atoms with van der Waals surface area (Å²) in [6, 6.07) is 0. The summed E-state index contributed by atoms with van der Waals surface area (Å²) >= 11 is 0. The summed E-state index contributed by atoms with van der Waals surface area (Å²) in [5.41, 5.74) is 0.677. The first-order valence-corrected chi connectivity index (χ1v) is 6.58. The van der Waals surface area contributed by atoms with Crippen LogP contribution in [-0.2, 0) is 6.54 Å². The van der Waals surface area contributed by atoms with E-state index in [1.54, 1.807) is 17.1 Å². The second-order valence-electron chi connectivity index (χ2n) is 4.25. The first-order valence-electron chi connectivity index (χ1n) is 6.58. The minimum atomic E-state index is 0.462. The number of aryl methyl sites for hydroxylation is 1. The van der Waals surface area contributed by atoms with Gasteiger partial charge in [-0.05, 0) is 13.8 Å². The van der Waals surface area contributed by atoms with Crippen molar-refractivity contribution in [1.29, 1.82) is 0 Å². The molecule has 7 nitrogen and oxygen atoms in total. The highest BCUT2D eigenvalue weighted by molar-refractivity contribution is 5.54. The number of fused-ring (bicyclic) bond motifs is 1. The fraction of sp³-hybridized carbons (Fsp3) is 0.308. The maximum Gasteiger partial charge on any atom is 0.265 e. The van der Waals surface area contributed by atoms with Crippen molar-refractivity contribution in [3.63, 3.8) is 0 Å². The van der Waals surface area contributed by atoms with Crippen LogP contribution < -0.4 is 10.1 Å². The Morgan fingerprint density at radius 3 is 2.95 bits per heavy atom. The summed E-state index contributed by atoms with van der Waals surface area (Å²) in [4.78, 5) is 8.70. The van der Waals surface area contributed by atoms with Gasteiger partial charge in [0.2, 0.25) is 5.65 Å². The van der Waals surface area contributed by atoms with Crippen LogP contribution >= 0.6 is 0 Å². The van der Waals surface area contributed by atoms with Gasteiger partial charge < -0.3 is 10.1 Å². The van der Waals surface area contributed by atoms with Gasteiger partial charge in [0.1, 0.15) is 5.82 Å². The van der Waals surface area contributed by atoms with Gasteiger partial charge in [-0.15, -0.1) is 0 Å². The van der Waals surface area contributed by atoms with Crippen LogP contribution in [0.3, 0.4) is 0 Å².